The molecule has 244 valence electrons. The summed E-state index contributed by atoms with van der Waals surface area (Å²) in [6, 6.07) is 0. The number of esters is 4. The predicted molar refractivity (Wildman–Crippen MR) is 147 cm³/mol. The molecular formula is C28H48O14. The number of unbranched alkanes of at least 4 members (excludes halogenated alkanes) is 4. The standard InChI is InChI=1S/C18H32O7.C10H16O7/c1-4-7-10-23-15(19)13-18(22,17(21)25-12-9-6-3)14-16(20)24-11-8-5-2;1-2-3-4-17-8(13)6-10(16,9(14)15)5-7(11)12/h22H,4-14H2,1-3H3;16H,2-6H2,1H3,(H,11,12)(H,14,15). The Morgan fingerprint density at radius 2 is 0.810 bits per heavy atom. The van der Waals surface area contributed by atoms with Crippen LogP contribution in [0.25, 0.3) is 0 Å². The molecule has 14 nitrogen and oxygen atoms in total. The molecular weight excluding hydrogens is 560 g/mol. The normalized spacial score (nSPS) is 12.1. The van der Waals surface area contributed by atoms with Crippen molar-refractivity contribution >= 4 is 35.8 Å². The maximum Gasteiger partial charge on any atom is 0.339 e. The number of aliphatic hydroxyl groups is 2. The lowest BCUT2D eigenvalue weighted by Gasteiger charge is -2.24. The van der Waals surface area contributed by atoms with Crippen LogP contribution >= 0.6 is 0 Å². The van der Waals surface area contributed by atoms with E-state index in [2.05, 4.69) is 4.74 Å². The van der Waals surface area contributed by atoms with E-state index in [1.54, 1.807) is 0 Å². The van der Waals surface area contributed by atoms with Gasteiger partial charge in [-0.1, -0.05) is 53.4 Å². The third-order valence-electron chi connectivity index (χ3n) is 5.55. The van der Waals surface area contributed by atoms with Gasteiger partial charge in [0.25, 0.3) is 0 Å². The van der Waals surface area contributed by atoms with Gasteiger partial charge in [0.05, 0.1) is 52.1 Å². The van der Waals surface area contributed by atoms with Gasteiger partial charge < -0.3 is 39.4 Å². The maximum absolute atomic E-state index is 12.2. The fourth-order valence-electron chi connectivity index (χ4n) is 2.97. The van der Waals surface area contributed by atoms with Crippen LogP contribution in [0.4, 0.5) is 0 Å². The summed E-state index contributed by atoms with van der Waals surface area (Å²) in [5, 5.41) is 37.2. The number of carboxylic acids is 2. The van der Waals surface area contributed by atoms with Crippen LogP contribution < -0.4 is 0 Å². The number of carbonyl (C=O) groups excluding carboxylic acids is 4. The van der Waals surface area contributed by atoms with Gasteiger partial charge in [0.2, 0.25) is 0 Å². The SMILES string of the molecule is CCCCOC(=O)CC(O)(CC(=O)O)C(=O)O.CCCCOC(=O)CC(O)(CC(=O)OCCCC)C(=O)OCCCC. The van der Waals surface area contributed by atoms with E-state index in [1.165, 1.54) is 0 Å². The lowest BCUT2D eigenvalue weighted by Crippen LogP contribution is -2.45. The molecule has 0 saturated carbocycles. The van der Waals surface area contributed by atoms with Gasteiger partial charge in [0.1, 0.15) is 0 Å². The molecule has 0 aromatic heterocycles. The van der Waals surface area contributed by atoms with Gasteiger partial charge in [-0.05, 0) is 25.7 Å². The van der Waals surface area contributed by atoms with Crippen LogP contribution in [-0.4, -0.2) is 93.9 Å². The summed E-state index contributed by atoms with van der Waals surface area (Å²) in [5.41, 5.74) is -4.88. The topological polar surface area (TPSA) is 220 Å². The number of carboxylic acid groups (broad SMARTS) is 2. The molecule has 0 spiro atoms. The van der Waals surface area contributed by atoms with Crippen molar-refractivity contribution in [1.82, 2.24) is 0 Å². The quantitative estimate of drug-likeness (QED) is 0.0788. The maximum atomic E-state index is 12.2. The van der Waals surface area contributed by atoms with Gasteiger partial charge in [-0.25, -0.2) is 9.59 Å². The van der Waals surface area contributed by atoms with E-state index < -0.39 is 72.7 Å². The van der Waals surface area contributed by atoms with Crippen LogP contribution in [0.2, 0.25) is 0 Å². The first kappa shape index (κ1) is 40.9. The third kappa shape index (κ3) is 19.8. The average molecular weight is 609 g/mol. The van der Waals surface area contributed by atoms with Crippen LogP contribution in [-0.2, 0) is 47.7 Å². The highest BCUT2D eigenvalue weighted by Crippen LogP contribution is 2.21. The second-order valence-corrected chi connectivity index (χ2v) is 9.68. The Balaban J connectivity index is 0. The molecule has 0 rings (SSSR count). The van der Waals surface area contributed by atoms with Crippen molar-refractivity contribution in [2.75, 3.05) is 26.4 Å². The van der Waals surface area contributed by atoms with Crippen molar-refractivity contribution in [3.63, 3.8) is 0 Å². The van der Waals surface area contributed by atoms with E-state index in [0.717, 1.165) is 25.7 Å². The summed E-state index contributed by atoms with van der Waals surface area (Å²) in [6.07, 6.45) is 2.73. The smallest absolute Gasteiger partial charge is 0.339 e. The molecule has 1 atom stereocenters. The van der Waals surface area contributed by atoms with Crippen molar-refractivity contribution in [3.8, 4) is 0 Å². The van der Waals surface area contributed by atoms with E-state index >= 15 is 0 Å². The number of carbonyl (C=O) groups is 6. The molecule has 0 aromatic carbocycles. The summed E-state index contributed by atoms with van der Waals surface area (Å²) in [7, 11) is 0. The Hall–Kier alpha value is -3.26. The molecule has 0 bridgehead atoms. The van der Waals surface area contributed by atoms with Gasteiger partial charge in [-0.15, -0.1) is 0 Å². The zero-order valence-electron chi connectivity index (χ0n) is 25.2. The molecule has 42 heavy (non-hydrogen) atoms. The van der Waals surface area contributed by atoms with Gasteiger partial charge >= 0.3 is 35.8 Å². The fourth-order valence-corrected chi connectivity index (χ4v) is 2.97. The molecule has 0 amide bonds. The monoisotopic (exact) mass is 608 g/mol. The molecule has 0 aliphatic rings. The number of hydrogen-bond acceptors (Lipinski definition) is 12. The Kier molecular flexibility index (Phi) is 22.7. The first-order valence-electron chi connectivity index (χ1n) is 14.2. The summed E-state index contributed by atoms with van der Waals surface area (Å²) < 4.78 is 19.6. The van der Waals surface area contributed by atoms with E-state index in [0.29, 0.717) is 25.7 Å². The summed E-state index contributed by atoms with van der Waals surface area (Å²) >= 11 is 0. The molecule has 0 heterocycles. The molecule has 14 heteroatoms. The Bertz CT molecular complexity index is 816. The lowest BCUT2D eigenvalue weighted by atomic mass is 9.95. The van der Waals surface area contributed by atoms with Crippen LogP contribution in [0.1, 0.15) is 105 Å². The minimum absolute atomic E-state index is 0.118. The second-order valence-electron chi connectivity index (χ2n) is 9.68. The lowest BCUT2D eigenvalue weighted by molar-refractivity contribution is -0.178. The summed E-state index contributed by atoms with van der Waals surface area (Å²) in [6.45, 7) is 8.35. The summed E-state index contributed by atoms with van der Waals surface area (Å²) in [5.74, 6) is -6.68. The Labute approximate surface area is 246 Å². The number of ether oxygens (including phenoxy) is 4. The molecule has 0 aliphatic carbocycles. The van der Waals surface area contributed by atoms with Crippen molar-refractivity contribution < 1.29 is 68.1 Å². The van der Waals surface area contributed by atoms with Crippen LogP contribution in [0.3, 0.4) is 0 Å². The highest BCUT2D eigenvalue weighted by molar-refractivity contribution is 5.90. The number of aliphatic carboxylic acids is 2. The first-order chi connectivity index (χ1) is 19.7. The van der Waals surface area contributed by atoms with Gasteiger partial charge in [0, 0.05) is 0 Å². The fraction of sp³-hybridized carbons (Fsp3) is 0.786. The molecule has 0 fully saturated rings. The van der Waals surface area contributed by atoms with Crippen molar-refractivity contribution in [1.29, 1.82) is 0 Å². The van der Waals surface area contributed by atoms with Crippen LogP contribution in [0.15, 0.2) is 0 Å². The van der Waals surface area contributed by atoms with Gasteiger partial charge in [-0.2, -0.15) is 0 Å². The minimum atomic E-state index is -2.62. The van der Waals surface area contributed by atoms with E-state index in [9.17, 15) is 39.0 Å². The molecule has 0 radical (unpaired) electrons. The molecule has 1 unspecified atom stereocenters. The van der Waals surface area contributed by atoms with Crippen LogP contribution in [0, 0.1) is 0 Å². The number of rotatable bonds is 22. The van der Waals surface area contributed by atoms with E-state index in [1.807, 2.05) is 27.7 Å². The largest absolute Gasteiger partial charge is 0.481 e. The summed E-state index contributed by atoms with van der Waals surface area (Å²) in [4.78, 5) is 68.2. The molecule has 0 aromatic rings. The zero-order chi connectivity index (χ0) is 32.6. The van der Waals surface area contributed by atoms with Gasteiger partial charge in [-0.3, -0.25) is 19.2 Å². The van der Waals surface area contributed by atoms with E-state index in [4.69, 9.17) is 24.4 Å². The average Bonchev–Trinajstić information content (AvgIpc) is 2.88. The highest BCUT2D eigenvalue weighted by atomic mass is 16.6. The highest BCUT2D eigenvalue weighted by Gasteiger charge is 2.43. The first-order valence-corrected chi connectivity index (χ1v) is 14.2. The van der Waals surface area contributed by atoms with Crippen molar-refractivity contribution in [3.05, 3.63) is 0 Å². The Morgan fingerprint density at radius 3 is 1.10 bits per heavy atom. The number of hydrogen-bond donors (Lipinski definition) is 4. The predicted octanol–water partition coefficient (Wildman–Crippen LogP) is 2.54. The van der Waals surface area contributed by atoms with Crippen LogP contribution in [0.5, 0.6) is 0 Å². The zero-order valence-corrected chi connectivity index (χ0v) is 25.2. The van der Waals surface area contributed by atoms with Gasteiger partial charge in [0.15, 0.2) is 11.2 Å². The van der Waals surface area contributed by atoms with Crippen molar-refractivity contribution in [2.24, 2.45) is 0 Å². The third-order valence-corrected chi connectivity index (χ3v) is 5.55. The molecule has 0 saturated heterocycles. The molecule has 4 N–H and O–H groups in total. The minimum Gasteiger partial charge on any atom is -0.481 e. The molecule has 0 aliphatic heterocycles. The Morgan fingerprint density at radius 1 is 0.500 bits per heavy atom. The second kappa shape index (κ2) is 23.3. The van der Waals surface area contributed by atoms with E-state index in [-0.39, 0.29) is 26.4 Å². The van der Waals surface area contributed by atoms with Crippen molar-refractivity contribution in [2.45, 2.75) is 116 Å².